The van der Waals surface area contributed by atoms with E-state index in [2.05, 4.69) is 37.7 Å². The number of rotatable bonds is 1. The quantitative estimate of drug-likeness (QED) is 0.788. The number of hydrogen-bond acceptors (Lipinski definition) is 2. The fraction of sp³-hybridized carbons (Fsp3) is 0.625. The topological polar surface area (TPSA) is 29.9 Å². The van der Waals surface area contributed by atoms with Crippen LogP contribution in [0, 0.1) is 0 Å². The molecule has 0 radical (unpaired) electrons. The van der Waals surface area contributed by atoms with Crippen LogP contribution in [0.2, 0.25) is 0 Å². The highest BCUT2D eigenvalue weighted by Crippen LogP contribution is 2.19. The SMILES string of the molecule is CCn1c(Br)nc2c1CNCC2. The molecule has 0 aliphatic carbocycles. The van der Waals surface area contributed by atoms with E-state index in [1.807, 2.05) is 0 Å². The summed E-state index contributed by atoms with van der Waals surface area (Å²) < 4.78 is 3.18. The lowest BCUT2D eigenvalue weighted by molar-refractivity contribution is 0.586. The second kappa shape index (κ2) is 3.18. The maximum Gasteiger partial charge on any atom is 0.177 e. The van der Waals surface area contributed by atoms with Crippen molar-refractivity contribution >= 4 is 15.9 Å². The summed E-state index contributed by atoms with van der Waals surface area (Å²) in [5, 5.41) is 3.35. The minimum atomic E-state index is 0.960. The lowest BCUT2D eigenvalue weighted by Gasteiger charge is -2.14. The van der Waals surface area contributed by atoms with Crippen LogP contribution in [-0.4, -0.2) is 16.1 Å². The molecule has 1 aromatic heterocycles. The van der Waals surface area contributed by atoms with Gasteiger partial charge < -0.3 is 9.88 Å². The smallest absolute Gasteiger partial charge is 0.177 e. The van der Waals surface area contributed by atoms with Gasteiger partial charge in [-0.15, -0.1) is 0 Å². The normalized spacial score (nSPS) is 16.2. The maximum absolute atomic E-state index is 4.46. The van der Waals surface area contributed by atoms with E-state index in [-0.39, 0.29) is 0 Å². The van der Waals surface area contributed by atoms with Crippen LogP contribution >= 0.6 is 15.9 Å². The Bertz CT molecular complexity index is 293. The monoisotopic (exact) mass is 229 g/mol. The highest BCUT2D eigenvalue weighted by Gasteiger charge is 2.16. The highest BCUT2D eigenvalue weighted by molar-refractivity contribution is 9.10. The summed E-state index contributed by atoms with van der Waals surface area (Å²) >= 11 is 3.46. The Morgan fingerprint density at radius 3 is 3.25 bits per heavy atom. The third kappa shape index (κ3) is 1.19. The number of nitrogens with zero attached hydrogens (tertiary/aromatic N) is 2. The van der Waals surface area contributed by atoms with E-state index in [1.165, 1.54) is 11.4 Å². The predicted octanol–water partition coefficient (Wildman–Crippen LogP) is 1.31. The molecule has 3 nitrogen and oxygen atoms in total. The number of imidazole rings is 1. The van der Waals surface area contributed by atoms with Gasteiger partial charge in [0.15, 0.2) is 4.73 Å². The fourth-order valence-corrected chi connectivity index (χ4v) is 2.31. The molecule has 0 spiro atoms. The Balaban J connectivity index is 2.46. The molecule has 0 atom stereocenters. The molecule has 2 heterocycles. The first kappa shape index (κ1) is 8.26. The molecule has 0 unspecified atom stereocenters. The van der Waals surface area contributed by atoms with Gasteiger partial charge >= 0.3 is 0 Å². The van der Waals surface area contributed by atoms with E-state index in [1.54, 1.807) is 0 Å². The highest BCUT2D eigenvalue weighted by atomic mass is 79.9. The summed E-state index contributed by atoms with van der Waals surface area (Å²) in [5.41, 5.74) is 2.60. The average molecular weight is 230 g/mol. The lowest BCUT2D eigenvalue weighted by atomic mass is 10.2. The van der Waals surface area contributed by atoms with E-state index in [9.17, 15) is 0 Å². The lowest BCUT2D eigenvalue weighted by Crippen LogP contribution is -2.25. The van der Waals surface area contributed by atoms with E-state index in [0.717, 1.165) is 30.8 Å². The molecule has 1 N–H and O–H groups in total. The molecule has 66 valence electrons. The second-order valence-corrected chi connectivity index (χ2v) is 3.65. The summed E-state index contributed by atoms with van der Waals surface area (Å²) in [5.74, 6) is 0. The molecular weight excluding hydrogens is 218 g/mol. The van der Waals surface area contributed by atoms with E-state index in [4.69, 9.17) is 0 Å². The third-order valence-electron chi connectivity index (χ3n) is 2.26. The first-order chi connectivity index (χ1) is 5.83. The molecule has 0 fully saturated rings. The molecule has 4 heteroatoms. The summed E-state index contributed by atoms with van der Waals surface area (Å²) in [6.45, 7) is 5.15. The van der Waals surface area contributed by atoms with Gasteiger partial charge in [-0.1, -0.05) is 0 Å². The fourth-order valence-electron chi connectivity index (χ4n) is 1.64. The molecule has 0 saturated carbocycles. The molecule has 0 bridgehead atoms. The average Bonchev–Trinajstić information content (AvgIpc) is 2.40. The Morgan fingerprint density at radius 2 is 2.50 bits per heavy atom. The van der Waals surface area contributed by atoms with Gasteiger partial charge in [0.25, 0.3) is 0 Å². The molecule has 2 rings (SSSR count). The third-order valence-corrected chi connectivity index (χ3v) is 2.86. The molecule has 1 aliphatic rings. The van der Waals surface area contributed by atoms with Crippen LogP contribution < -0.4 is 5.32 Å². The maximum atomic E-state index is 4.46. The Hall–Kier alpha value is -0.350. The van der Waals surface area contributed by atoms with Crippen LogP contribution in [0.4, 0.5) is 0 Å². The van der Waals surface area contributed by atoms with Gasteiger partial charge in [0.2, 0.25) is 0 Å². The van der Waals surface area contributed by atoms with E-state index >= 15 is 0 Å². The summed E-state index contributed by atoms with van der Waals surface area (Å²) in [6.07, 6.45) is 1.06. The number of nitrogens with one attached hydrogen (secondary N) is 1. The molecular formula is C8H12BrN3. The Morgan fingerprint density at radius 1 is 1.67 bits per heavy atom. The number of hydrogen-bond donors (Lipinski definition) is 1. The Kier molecular flexibility index (Phi) is 2.19. The molecule has 1 aromatic rings. The van der Waals surface area contributed by atoms with Gasteiger partial charge in [-0.2, -0.15) is 0 Å². The van der Waals surface area contributed by atoms with Gasteiger partial charge in [0.05, 0.1) is 11.4 Å². The van der Waals surface area contributed by atoms with Crippen molar-refractivity contribution < 1.29 is 0 Å². The van der Waals surface area contributed by atoms with Crippen molar-refractivity contribution in [3.05, 3.63) is 16.1 Å². The van der Waals surface area contributed by atoms with Crippen LogP contribution in [0.3, 0.4) is 0 Å². The van der Waals surface area contributed by atoms with Crippen molar-refractivity contribution in [1.29, 1.82) is 0 Å². The van der Waals surface area contributed by atoms with Crippen LogP contribution in [0.1, 0.15) is 18.3 Å². The second-order valence-electron chi connectivity index (χ2n) is 2.95. The standard InChI is InChI=1S/C8H12BrN3/c1-2-12-7-5-10-4-3-6(7)11-8(12)9/h10H,2-5H2,1H3. The molecule has 1 aliphatic heterocycles. The molecule has 0 saturated heterocycles. The predicted molar refractivity (Wildman–Crippen MR) is 51.0 cm³/mol. The van der Waals surface area contributed by atoms with Gasteiger partial charge in [-0.05, 0) is 22.9 Å². The van der Waals surface area contributed by atoms with Crippen LogP contribution in [0.25, 0.3) is 0 Å². The van der Waals surface area contributed by atoms with Gasteiger partial charge in [0, 0.05) is 26.1 Å². The first-order valence-electron chi connectivity index (χ1n) is 4.27. The Labute approximate surface area is 80.3 Å². The molecule has 0 aromatic carbocycles. The van der Waals surface area contributed by atoms with Crippen molar-refractivity contribution in [3.8, 4) is 0 Å². The van der Waals surface area contributed by atoms with E-state index in [0.29, 0.717) is 0 Å². The van der Waals surface area contributed by atoms with Gasteiger partial charge in [0.1, 0.15) is 0 Å². The summed E-state index contributed by atoms with van der Waals surface area (Å²) in [7, 11) is 0. The zero-order chi connectivity index (χ0) is 8.55. The molecule has 12 heavy (non-hydrogen) atoms. The van der Waals surface area contributed by atoms with Gasteiger partial charge in [-0.3, -0.25) is 0 Å². The first-order valence-corrected chi connectivity index (χ1v) is 5.06. The van der Waals surface area contributed by atoms with Crippen molar-refractivity contribution in [2.24, 2.45) is 0 Å². The summed E-state index contributed by atoms with van der Waals surface area (Å²) in [4.78, 5) is 4.46. The number of aromatic nitrogens is 2. The molecule has 0 amide bonds. The van der Waals surface area contributed by atoms with Crippen molar-refractivity contribution in [1.82, 2.24) is 14.9 Å². The minimum absolute atomic E-state index is 0.960. The van der Waals surface area contributed by atoms with Crippen LogP contribution in [0.15, 0.2) is 4.73 Å². The van der Waals surface area contributed by atoms with Crippen molar-refractivity contribution in [3.63, 3.8) is 0 Å². The van der Waals surface area contributed by atoms with Gasteiger partial charge in [-0.25, -0.2) is 4.98 Å². The van der Waals surface area contributed by atoms with E-state index < -0.39 is 0 Å². The van der Waals surface area contributed by atoms with Crippen molar-refractivity contribution in [2.75, 3.05) is 6.54 Å². The van der Waals surface area contributed by atoms with Crippen LogP contribution in [-0.2, 0) is 19.5 Å². The van der Waals surface area contributed by atoms with Crippen LogP contribution in [0.5, 0.6) is 0 Å². The largest absolute Gasteiger partial charge is 0.321 e. The number of fused-ring (bicyclic) bond motifs is 1. The zero-order valence-electron chi connectivity index (χ0n) is 7.10. The minimum Gasteiger partial charge on any atom is -0.321 e. The van der Waals surface area contributed by atoms with Crippen molar-refractivity contribution in [2.45, 2.75) is 26.4 Å². The number of halogens is 1. The zero-order valence-corrected chi connectivity index (χ0v) is 8.69. The summed E-state index contributed by atoms with van der Waals surface area (Å²) in [6, 6.07) is 0.